The summed E-state index contributed by atoms with van der Waals surface area (Å²) in [6, 6.07) is 16.4. The van der Waals surface area contributed by atoms with Crippen LogP contribution in [0.25, 0.3) is 10.9 Å². The van der Waals surface area contributed by atoms with Gasteiger partial charge in [-0.1, -0.05) is 30.3 Å². The predicted molar refractivity (Wildman–Crippen MR) is 116 cm³/mol. The number of nitrogens with zero attached hydrogens (tertiary/aromatic N) is 2. The van der Waals surface area contributed by atoms with Gasteiger partial charge in [-0.15, -0.1) is 0 Å². The first-order valence-electron chi connectivity index (χ1n) is 10.4. The third kappa shape index (κ3) is 2.87. The van der Waals surface area contributed by atoms with Crippen LogP contribution in [0.2, 0.25) is 0 Å². The molecule has 1 aromatic heterocycles. The largest absolute Gasteiger partial charge is 0.495 e. The highest BCUT2D eigenvalue weighted by atomic mass is 16.5. The molecule has 1 N–H and O–H groups in total. The summed E-state index contributed by atoms with van der Waals surface area (Å²) >= 11 is 0. The Bertz CT molecular complexity index is 1060. The molecule has 2 aromatic carbocycles. The van der Waals surface area contributed by atoms with Gasteiger partial charge in [-0.3, -0.25) is 4.79 Å². The van der Waals surface area contributed by atoms with Crippen LogP contribution in [-0.4, -0.2) is 49.1 Å². The molecule has 0 spiro atoms. The molecule has 0 atom stereocenters. The molecule has 29 heavy (non-hydrogen) atoms. The number of aromatic amines is 1. The van der Waals surface area contributed by atoms with Crippen LogP contribution in [0.5, 0.6) is 5.75 Å². The molecule has 5 nitrogen and oxygen atoms in total. The van der Waals surface area contributed by atoms with Crippen molar-refractivity contribution in [3.05, 3.63) is 59.8 Å². The summed E-state index contributed by atoms with van der Waals surface area (Å²) in [6.07, 6.45) is 1.89. The number of anilines is 1. The third-order valence-electron chi connectivity index (χ3n) is 6.52. The Morgan fingerprint density at radius 3 is 2.41 bits per heavy atom. The topological polar surface area (TPSA) is 48.6 Å². The Labute approximate surface area is 171 Å². The molecule has 0 radical (unpaired) electrons. The Balaban J connectivity index is 1.36. The molecule has 0 unspecified atom stereocenters. The number of methoxy groups -OCH3 is 1. The Hall–Kier alpha value is -2.95. The van der Waals surface area contributed by atoms with Crippen molar-refractivity contribution in [2.24, 2.45) is 0 Å². The maximum Gasteiger partial charge on any atom is 0.233 e. The first-order chi connectivity index (χ1) is 14.1. The number of piperazine rings is 1. The number of ether oxygens (including phenoxy) is 1. The van der Waals surface area contributed by atoms with Gasteiger partial charge in [0.25, 0.3) is 0 Å². The van der Waals surface area contributed by atoms with Crippen LogP contribution in [0.3, 0.4) is 0 Å². The normalized spacial score (nSPS) is 18.1. The molecule has 1 aliphatic heterocycles. The molecule has 2 fully saturated rings. The molecular formula is C24H27N3O2. The second-order valence-corrected chi connectivity index (χ2v) is 8.20. The summed E-state index contributed by atoms with van der Waals surface area (Å²) in [4.78, 5) is 21.5. The molecule has 2 heterocycles. The number of nitrogens with one attached hydrogen (secondary N) is 1. The van der Waals surface area contributed by atoms with E-state index in [1.165, 1.54) is 10.9 Å². The van der Waals surface area contributed by atoms with Crippen molar-refractivity contribution in [2.75, 3.05) is 38.2 Å². The highest BCUT2D eigenvalue weighted by Crippen LogP contribution is 2.53. The lowest BCUT2D eigenvalue weighted by molar-refractivity contribution is -0.134. The standard InChI is InChI=1S/C24H27N3O2/c1-17-22(18-7-3-4-8-19(18)25-17)24(11-12-24)23(28)27-15-13-26(14-16-27)20-9-5-6-10-21(20)29-2/h3-10,25H,11-16H2,1-2H3. The molecule has 1 amide bonds. The average molecular weight is 389 g/mol. The highest BCUT2D eigenvalue weighted by Gasteiger charge is 2.55. The number of benzene rings is 2. The maximum absolute atomic E-state index is 13.6. The van der Waals surface area contributed by atoms with Crippen molar-refractivity contribution in [1.29, 1.82) is 0 Å². The van der Waals surface area contributed by atoms with Crippen molar-refractivity contribution < 1.29 is 9.53 Å². The molecule has 5 rings (SSSR count). The smallest absolute Gasteiger partial charge is 0.233 e. The second kappa shape index (κ2) is 6.83. The number of carbonyl (C=O) groups excluding carboxylic acids is 1. The Morgan fingerprint density at radius 2 is 1.69 bits per heavy atom. The molecule has 0 bridgehead atoms. The molecule has 1 saturated carbocycles. The zero-order chi connectivity index (χ0) is 20.0. The third-order valence-corrected chi connectivity index (χ3v) is 6.52. The van der Waals surface area contributed by atoms with Crippen molar-refractivity contribution >= 4 is 22.5 Å². The Kier molecular flexibility index (Phi) is 4.26. The lowest BCUT2D eigenvalue weighted by Gasteiger charge is -2.38. The Morgan fingerprint density at radius 1 is 1.00 bits per heavy atom. The zero-order valence-electron chi connectivity index (χ0n) is 17.1. The lowest BCUT2D eigenvalue weighted by Crippen LogP contribution is -2.51. The van der Waals surface area contributed by atoms with Crippen molar-refractivity contribution in [2.45, 2.75) is 25.2 Å². The van der Waals surface area contributed by atoms with Gasteiger partial charge in [0.05, 0.1) is 18.2 Å². The van der Waals surface area contributed by atoms with Gasteiger partial charge in [0, 0.05) is 42.8 Å². The van der Waals surface area contributed by atoms with Crippen LogP contribution in [-0.2, 0) is 10.2 Å². The minimum atomic E-state index is -0.337. The van der Waals surface area contributed by atoms with E-state index in [0.29, 0.717) is 5.91 Å². The second-order valence-electron chi connectivity index (χ2n) is 8.20. The minimum Gasteiger partial charge on any atom is -0.495 e. The molecule has 3 aromatic rings. The van der Waals surface area contributed by atoms with Gasteiger partial charge in [-0.05, 0) is 43.5 Å². The van der Waals surface area contributed by atoms with Crippen LogP contribution in [0.1, 0.15) is 24.1 Å². The van der Waals surface area contributed by atoms with Gasteiger partial charge in [0.1, 0.15) is 5.75 Å². The van der Waals surface area contributed by atoms with Crippen LogP contribution >= 0.6 is 0 Å². The van der Waals surface area contributed by atoms with Crippen molar-refractivity contribution in [3.63, 3.8) is 0 Å². The van der Waals surface area contributed by atoms with Crippen LogP contribution < -0.4 is 9.64 Å². The number of hydrogen-bond acceptors (Lipinski definition) is 3. The molecular weight excluding hydrogens is 362 g/mol. The lowest BCUT2D eigenvalue weighted by atomic mass is 9.91. The number of H-pyrrole nitrogens is 1. The quantitative estimate of drug-likeness (QED) is 0.737. The van der Waals surface area contributed by atoms with Crippen molar-refractivity contribution in [1.82, 2.24) is 9.88 Å². The number of rotatable bonds is 4. The average Bonchev–Trinajstić information content (AvgIpc) is 3.49. The fraction of sp³-hybridized carbons (Fsp3) is 0.375. The summed E-state index contributed by atoms with van der Waals surface area (Å²) in [5, 5.41) is 1.20. The van der Waals surface area contributed by atoms with Gasteiger partial charge in [0.15, 0.2) is 0 Å². The summed E-state index contributed by atoms with van der Waals surface area (Å²) in [6.45, 7) is 5.26. The molecule has 150 valence electrons. The summed E-state index contributed by atoms with van der Waals surface area (Å²) in [5.74, 6) is 1.19. The summed E-state index contributed by atoms with van der Waals surface area (Å²) in [5.41, 5.74) is 4.24. The number of aryl methyl sites for hydroxylation is 1. The van der Waals surface area contributed by atoms with Gasteiger partial charge in [-0.2, -0.15) is 0 Å². The fourth-order valence-corrected chi connectivity index (χ4v) is 4.93. The highest BCUT2D eigenvalue weighted by molar-refractivity contribution is 5.98. The van der Waals surface area contributed by atoms with E-state index < -0.39 is 0 Å². The van der Waals surface area contributed by atoms with E-state index in [4.69, 9.17) is 4.74 Å². The first kappa shape index (κ1) is 18.1. The van der Waals surface area contributed by atoms with E-state index >= 15 is 0 Å². The number of amides is 1. The number of para-hydroxylation sites is 3. The van der Waals surface area contributed by atoms with E-state index in [9.17, 15) is 4.79 Å². The molecule has 1 saturated heterocycles. The van der Waals surface area contributed by atoms with E-state index in [-0.39, 0.29) is 5.41 Å². The van der Waals surface area contributed by atoms with Gasteiger partial charge < -0.3 is 19.5 Å². The summed E-state index contributed by atoms with van der Waals surface area (Å²) in [7, 11) is 1.71. The van der Waals surface area contributed by atoms with Crippen LogP contribution in [0, 0.1) is 6.92 Å². The van der Waals surface area contributed by atoms with E-state index in [2.05, 4.69) is 46.0 Å². The summed E-state index contributed by atoms with van der Waals surface area (Å²) < 4.78 is 5.51. The number of carbonyl (C=O) groups is 1. The monoisotopic (exact) mass is 389 g/mol. The van der Waals surface area contributed by atoms with Crippen LogP contribution in [0.4, 0.5) is 5.69 Å². The fourth-order valence-electron chi connectivity index (χ4n) is 4.93. The first-order valence-corrected chi connectivity index (χ1v) is 10.4. The molecule has 1 aliphatic carbocycles. The zero-order valence-corrected chi connectivity index (χ0v) is 17.1. The maximum atomic E-state index is 13.6. The molecule has 2 aliphatic rings. The van der Waals surface area contributed by atoms with Crippen molar-refractivity contribution in [3.8, 4) is 5.75 Å². The van der Waals surface area contributed by atoms with Crippen LogP contribution in [0.15, 0.2) is 48.5 Å². The number of hydrogen-bond donors (Lipinski definition) is 1. The van der Waals surface area contributed by atoms with E-state index in [1.807, 2.05) is 24.3 Å². The van der Waals surface area contributed by atoms with Gasteiger partial charge >= 0.3 is 0 Å². The SMILES string of the molecule is COc1ccccc1N1CCN(C(=O)C2(c3c(C)[nH]c4ccccc34)CC2)CC1. The number of fused-ring (bicyclic) bond motifs is 1. The van der Waals surface area contributed by atoms with E-state index in [0.717, 1.165) is 61.7 Å². The van der Waals surface area contributed by atoms with Gasteiger partial charge in [0.2, 0.25) is 5.91 Å². The number of aromatic nitrogens is 1. The predicted octanol–water partition coefficient (Wildman–Crippen LogP) is 3.87. The van der Waals surface area contributed by atoms with E-state index in [1.54, 1.807) is 7.11 Å². The van der Waals surface area contributed by atoms with Gasteiger partial charge in [-0.25, -0.2) is 0 Å². The molecule has 5 heteroatoms. The minimum absolute atomic E-state index is 0.296.